The van der Waals surface area contributed by atoms with E-state index in [9.17, 15) is 4.79 Å². The molecule has 5 nitrogen and oxygen atoms in total. The predicted molar refractivity (Wildman–Crippen MR) is 112 cm³/mol. The van der Waals surface area contributed by atoms with Crippen LogP contribution in [0.25, 0.3) is 0 Å². The van der Waals surface area contributed by atoms with Crippen LogP contribution in [0.15, 0.2) is 36.4 Å². The first kappa shape index (κ1) is 19.0. The monoisotopic (exact) mass is 396 g/mol. The molecule has 29 heavy (non-hydrogen) atoms. The zero-order chi connectivity index (χ0) is 19.8. The number of nitrogens with zero attached hydrogens (tertiary/aromatic N) is 2. The molecule has 5 rings (SSSR count). The van der Waals surface area contributed by atoms with Crippen molar-refractivity contribution in [2.75, 3.05) is 46.4 Å². The van der Waals surface area contributed by atoms with Gasteiger partial charge in [0.1, 0.15) is 0 Å². The van der Waals surface area contributed by atoms with Gasteiger partial charge in [0, 0.05) is 38.6 Å². The zero-order valence-electron chi connectivity index (χ0n) is 17.4. The van der Waals surface area contributed by atoms with Crippen molar-refractivity contribution in [3.05, 3.63) is 36.4 Å². The minimum Gasteiger partial charge on any atom is -0.493 e. The highest BCUT2D eigenvalue weighted by molar-refractivity contribution is 5.80. The van der Waals surface area contributed by atoms with E-state index in [1.807, 2.05) is 24.3 Å². The zero-order valence-corrected chi connectivity index (χ0v) is 17.4. The van der Waals surface area contributed by atoms with E-state index >= 15 is 0 Å². The molecule has 1 aromatic rings. The second-order valence-electron chi connectivity index (χ2n) is 9.11. The molecule has 0 radical (unpaired) electrons. The normalized spacial score (nSPS) is 29.4. The number of allylic oxidation sites excluding steroid dienone is 2. The van der Waals surface area contributed by atoms with Crippen molar-refractivity contribution in [3.8, 4) is 11.5 Å². The van der Waals surface area contributed by atoms with Crippen LogP contribution >= 0.6 is 0 Å². The Bertz CT molecular complexity index is 780. The summed E-state index contributed by atoms with van der Waals surface area (Å²) in [6, 6.07) is 7.78. The van der Waals surface area contributed by atoms with Gasteiger partial charge in [-0.2, -0.15) is 0 Å². The molecule has 1 spiro atoms. The molecular formula is C24H32N2O3. The van der Waals surface area contributed by atoms with Gasteiger partial charge >= 0.3 is 0 Å². The molecule has 156 valence electrons. The number of piperazine rings is 1. The van der Waals surface area contributed by atoms with Crippen molar-refractivity contribution >= 4 is 5.91 Å². The van der Waals surface area contributed by atoms with Crippen molar-refractivity contribution in [3.63, 3.8) is 0 Å². The van der Waals surface area contributed by atoms with Crippen LogP contribution in [0, 0.1) is 23.2 Å². The van der Waals surface area contributed by atoms with Gasteiger partial charge in [-0.1, -0.05) is 24.3 Å². The molecule has 5 heteroatoms. The van der Waals surface area contributed by atoms with Gasteiger partial charge in [-0.15, -0.1) is 0 Å². The SMILES string of the molecule is COc1ccccc1OCCCN1CCN(C(=O)C2CC3C=CC2C32CC2)CC1. The van der Waals surface area contributed by atoms with Crippen LogP contribution in [0.1, 0.15) is 25.7 Å². The number of para-hydroxylation sites is 2. The van der Waals surface area contributed by atoms with Gasteiger partial charge in [0.25, 0.3) is 0 Å². The van der Waals surface area contributed by atoms with Gasteiger partial charge in [0.2, 0.25) is 5.91 Å². The average molecular weight is 397 g/mol. The first-order valence-corrected chi connectivity index (χ1v) is 11.2. The first-order valence-electron chi connectivity index (χ1n) is 11.2. The van der Waals surface area contributed by atoms with E-state index in [0.717, 1.165) is 57.1 Å². The van der Waals surface area contributed by atoms with E-state index in [1.165, 1.54) is 12.8 Å². The molecule has 1 amide bonds. The fraction of sp³-hybridized carbons (Fsp3) is 0.625. The van der Waals surface area contributed by atoms with E-state index in [-0.39, 0.29) is 5.92 Å². The first-order chi connectivity index (χ1) is 14.2. The molecule has 1 aromatic carbocycles. The standard InChI is InChI=1S/C24H32N2O3/c1-28-21-5-2-3-6-22(21)29-16-4-11-25-12-14-26(15-13-25)23(27)19-17-18-7-8-20(19)24(18)9-10-24/h2-3,5-8,18-20H,4,9-17H2,1H3. The molecule has 1 saturated heterocycles. The third-order valence-electron chi connectivity index (χ3n) is 7.67. The molecule has 2 saturated carbocycles. The van der Waals surface area contributed by atoms with Gasteiger partial charge < -0.3 is 14.4 Å². The molecule has 0 N–H and O–H groups in total. The van der Waals surface area contributed by atoms with E-state index in [2.05, 4.69) is 22.0 Å². The van der Waals surface area contributed by atoms with Crippen LogP contribution in [0.3, 0.4) is 0 Å². The van der Waals surface area contributed by atoms with Crippen molar-refractivity contribution in [2.45, 2.75) is 25.7 Å². The topological polar surface area (TPSA) is 42.0 Å². The summed E-state index contributed by atoms with van der Waals surface area (Å²) in [5.74, 6) is 3.48. The number of carbonyl (C=O) groups excluding carboxylic acids is 1. The van der Waals surface area contributed by atoms with Crippen molar-refractivity contribution < 1.29 is 14.3 Å². The number of benzene rings is 1. The molecule has 3 unspecified atom stereocenters. The van der Waals surface area contributed by atoms with E-state index in [4.69, 9.17) is 9.47 Å². The third kappa shape index (κ3) is 3.43. The minimum atomic E-state index is 0.258. The fourth-order valence-electron chi connectivity index (χ4n) is 5.89. The summed E-state index contributed by atoms with van der Waals surface area (Å²) in [5, 5.41) is 0. The van der Waals surface area contributed by atoms with Gasteiger partial charge in [-0.05, 0) is 55.1 Å². The summed E-state index contributed by atoms with van der Waals surface area (Å²) in [5.41, 5.74) is 0.504. The molecule has 3 fully saturated rings. The predicted octanol–water partition coefficient (Wildman–Crippen LogP) is 3.21. The smallest absolute Gasteiger partial charge is 0.226 e. The Morgan fingerprint density at radius 3 is 2.55 bits per heavy atom. The second kappa shape index (κ2) is 7.67. The number of hydrogen-bond acceptors (Lipinski definition) is 4. The number of amides is 1. The largest absolute Gasteiger partial charge is 0.493 e. The van der Waals surface area contributed by atoms with Crippen molar-refractivity contribution in [2.24, 2.45) is 23.2 Å². The average Bonchev–Trinajstić information content (AvgIpc) is 3.44. The lowest BCUT2D eigenvalue weighted by Gasteiger charge is -2.37. The highest BCUT2D eigenvalue weighted by Gasteiger charge is 2.64. The molecule has 1 aliphatic heterocycles. The lowest BCUT2D eigenvalue weighted by Crippen LogP contribution is -2.51. The Morgan fingerprint density at radius 2 is 1.86 bits per heavy atom. The van der Waals surface area contributed by atoms with Crippen LogP contribution in [-0.2, 0) is 4.79 Å². The Morgan fingerprint density at radius 1 is 1.10 bits per heavy atom. The van der Waals surface area contributed by atoms with Crippen LogP contribution in [-0.4, -0.2) is 62.1 Å². The van der Waals surface area contributed by atoms with Crippen molar-refractivity contribution in [1.29, 1.82) is 0 Å². The minimum absolute atomic E-state index is 0.258. The van der Waals surface area contributed by atoms with Gasteiger partial charge in [-0.25, -0.2) is 0 Å². The summed E-state index contributed by atoms with van der Waals surface area (Å²) in [6.07, 6.45) is 9.51. The number of carbonyl (C=O) groups is 1. The van der Waals surface area contributed by atoms with E-state index in [0.29, 0.717) is 29.8 Å². The quantitative estimate of drug-likeness (QED) is 0.524. The fourth-order valence-corrected chi connectivity index (χ4v) is 5.89. The Kier molecular flexibility index (Phi) is 5.02. The maximum atomic E-state index is 13.1. The maximum Gasteiger partial charge on any atom is 0.226 e. The summed E-state index contributed by atoms with van der Waals surface area (Å²) < 4.78 is 11.2. The Balaban J connectivity index is 1.04. The lowest BCUT2D eigenvalue weighted by atomic mass is 9.88. The van der Waals surface area contributed by atoms with Gasteiger partial charge in [-0.3, -0.25) is 9.69 Å². The summed E-state index contributed by atoms with van der Waals surface area (Å²) in [4.78, 5) is 17.7. The van der Waals surface area contributed by atoms with E-state index in [1.54, 1.807) is 7.11 Å². The highest BCUT2D eigenvalue weighted by Crippen LogP contribution is 2.70. The van der Waals surface area contributed by atoms with Crippen LogP contribution in [0.4, 0.5) is 0 Å². The van der Waals surface area contributed by atoms with Gasteiger partial charge in [0.05, 0.1) is 13.7 Å². The third-order valence-corrected chi connectivity index (χ3v) is 7.67. The Labute approximate surface area is 173 Å². The van der Waals surface area contributed by atoms with Gasteiger partial charge in [0.15, 0.2) is 11.5 Å². The number of rotatable bonds is 7. The van der Waals surface area contributed by atoms with Crippen LogP contribution < -0.4 is 9.47 Å². The summed E-state index contributed by atoms with van der Waals surface area (Å²) in [7, 11) is 1.67. The molecule has 4 aliphatic rings. The summed E-state index contributed by atoms with van der Waals surface area (Å²) in [6.45, 7) is 5.38. The maximum absolute atomic E-state index is 13.1. The van der Waals surface area contributed by atoms with Crippen LogP contribution in [0.5, 0.6) is 11.5 Å². The molecule has 0 aromatic heterocycles. The van der Waals surface area contributed by atoms with E-state index < -0.39 is 0 Å². The highest BCUT2D eigenvalue weighted by atomic mass is 16.5. The molecule has 1 heterocycles. The second-order valence-corrected chi connectivity index (χ2v) is 9.11. The molecule has 3 atom stereocenters. The number of ether oxygens (including phenoxy) is 2. The number of hydrogen-bond donors (Lipinski definition) is 0. The summed E-state index contributed by atoms with van der Waals surface area (Å²) >= 11 is 0. The molecule has 2 bridgehead atoms. The van der Waals surface area contributed by atoms with Crippen molar-refractivity contribution in [1.82, 2.24) is 9.80 Å². The molecular weight excluding hydrogens is 364 g/mol. The number of methoxy groups -OCH3 is 1. The lowest BCUT2D eigenvalue weighted by molar-refractivity contribution is -0.138. The Hall–Kier alpha value is -2.01. The van der Waals surface area contributed by atoms with Crippen LogP contribution in [0.2, 0.25) is 0 Å². The molecule has 3 aliphatic carbocycles.